The zero-order valence-electron chi connectivity index (χ0n) is 13.0. The van der Waals surface area contributed by atoms with Gasteiger partial charge in [-0.15, -0.1) is 0 Å². The number of fused-ring (bicyclic) bond motifs is 1. The Balaban J connectivity index is 1.74. The van der Waals surface area contributed by atoms with Crippen molar-refractivity contribution in [1.29, 1.82) is 5.26 Å². The van der Waals surface area contributed by atoms with Crippen molar-refractivity contribution in [2.24, 2.45) is 7.05 Å². The second-order valence-corrected chi connectivity index (χ2v) is 5.48. The maximum absolute atomic E-state index is 9.01. The quantitative estimate of drug-likeness (QED) is 0.577. The van der Waals surface area contributed by atoms with Crippen molar-refractivity contribution in [2.75, 3.05) is 0 Å². The molecule has 0 saturated carbocycles. The van der Waals surface area contributed by atoms with Crippen molar-refractivity contribution in [3.05, 3.63) is 66.0 Å². The molecule has 3 heterocycles. The van der Waals surface area contributed by atoms with Gasteiger partial charge < -0.3 is 0 Å². The lowest BCUT2D eigenvalue weighted by Gasteiger charge is -1.99. The third kappa shape index (κ3) is 2.50. The predicted molar refractivity (Wildman–Crippen MR) is 86.9 cm³/mol. The van der Waals surface area contributed by atoms with Gasteiger partial charge in [-0.3, -0.25) is 9.67 Å². The van der Waals surface area contributed by atoms with Crippen molar-refractivity contribution >= 4 is 5.65 Å². The van der Waals surface area contributed by atoms with E-state index in [4.69, 9.17) is 5.26 Å². The lowest BCUT2D eigenvalue weighted by Crippen LogP contribution is -1.96. The molecule has 0 unspecified atom stereocenters. The van der Waals surface area contributed by atoms with E-state index in [1.165, 1.54) is 0 Å². The summed E-state index contributed by atoms with van der Waals surface area (Å²) in [6, 6.07) is 9.62. The van der Waals surface area contributed by atoms with Crippen LogP contribution in [0, 0.1) is 11.3 Å². The van der Waals surface area contributed by atoms with Crippen LogP contribution in [-0.4, -0.2) is 29.4 Å². The van der Waals surface area contributed by atoms with Crippen LogP contribution in [0.5, 0.6) is 0 Å². The zero-order chi connectivity index (χ0) is 16.5. The molecule has 0 amide bonds. The Labute approximate surface area is 137 Å². The van der Waals surface area contributed by atoms with Gasteiger partial charge in [0.25, 0.3) is 0 Å². The third-order valence-electron chi connectivity index (χ3n) is 3.71. The molecule has 0 spiro atoms. The maximum atomic E-state index is 9.01. The summed E-state index contributed by atoms with van der Waals surface area (Å²) < 4.78 is 3.51. The van der Waals surface area contributed by atoms with E-state index in [1.807, 2.05) is 31.4 Å². The maximum Gasteiger partial charge on any atom is 0.174 e. The minimum atomic E-state index is 0.559. The molecule has 4 rings (SSSR count). The Morgan fingerprint density at radius 3 is 2.92 bits per heavy atom. The average Bonchev–Trinajstić information content (AvgIpc) is 3.20. The van der Waals surface area contributed by atoms with Crippen LogP contribution in [0.15, 0.2) is 49.1 Å². The summed E-state index contributed by atoms with van der Waals surface area (Å²) in [4.78, 5) is 8.78. The molecule has 0 saturated heterocycles. The molecule has 0 aliphatic rings. The van der Waals surface area contributed by atoms with Crippen molar-refractivity contribution in [1.82, 2.24) is 29.4 Å². The summed E-state index contributed by atoms with van der Waals surface area (Å²) in [5.41, 5.74) is 4.08. The number of hydrogen-bond donors (Lipinski definition) is 0. The molecule has 24 heavy (non-hydrogen) atoms. The molecular weight excluding hydrogens is 302 g/mol. The van der Waals surface area contributed by atoms with Gasteiger partial charge >= 0.3 is 0 Å². The number of hydrogen-bond acceptors (Lipinski definition) is 5. The fraction of sp³-hybridized carbons (Fsp3) is 0.118. The van der Waals surface area contributed by atoms with Crippen molar-refractivity contribution in [3.8, 4) is 17.3 Å². The standard InChI is InChI=1S/C17H13N7/c1-23-11-14(8-20-23)15-9-19-10-17-21-16(22-24(15)17)6-12-3-2-4-13(5-12)7-18/h2-5,8-11H,6H2,1H3. The smallest absolute Gasteiger partial charge is 0.174 e. The van der Waals surface area contributed by atoms with E-state index in [-0.39, 0.29) is 0 Å². The van der Waals surface area contributed by atoms with Crippen LogP contribution in [0.1, 0.15) is 17.0 Å². The Hall–Kier alpha value is -3.53. The topological polar surface area (TPSA) is 84.7 Å². The van der Waals surface area contributed by atoms with Crippen molar-refractivity contribution in [2.45, 2.75) is 6.42 Å². The highest BCUT2D eigenvalue weighted by molar-refractivity contribution is 5.59. The van der Waals surface area contributed by atoms with Gasteiger partial charge in [-0.1, -0.05) is 12.1 Å². The first kappa shape index (κ1) is 14.1. The molecule has 0 fully saturated rings. The van der Waals surface area contributed by atoms with Crippen LogP contribution < -0.4 is 0 Å². The molecule has 0 aliphatic carbocycles. The molecule has 0 N–H and O–H groups in total. The van der Waals surface area contributed by atoms with Crippen molar-refractivity contribution in [3.63, 3.8) is 0 Å². The monoisotopic (exact) mass is 315 g/mol. The number of nitriles is 1. The number of nitrogens with zero attached hydrogens (tertiary/aromatic N) is 7. The Kier molecular flexibility index (Phi) is 3.28. The van der Waals surface area contributed by atoms with Crippen molar-refractivity contribution < 1.29 is 0 Å². The molecule has 3 aromatic heterocycles. The van der Waals surface area contributed by atoms with Gasteiger partial charge in [-0.25, -0.2) is 9.50 Å². The van der Waals surface area contributed by atoms with Gasteiger partial charge in [-0.05, 0) is 17.7 Å². The molecule has 0 radical (unpaired) electrons. The molecule has 0 bridgehead atoms. The highest BCUT2D eigenvalue weighted by Gasteiger charge is 2.11. The van der Waals surface area contributed by atoms with Gasteiger partial charge in [-0.2, -0.15) is 15.5 Å². The minimum Gasteiger partial charge on any atom is -0.275 e. The SMILES string of the molecule is Cn1cc(-c2cncc3nc(Cc4cccc(C#N)c4)nn23)cn1. The number of aryl methyl sites for hydroxylation is 1. The van der Waals surface area contributed by atoms with Crippen LogP contribution in [0.4, 0.5) is 0 Å². The van der Waals surface area contributed by atoms with E-state index in [0.29, 0.717) is 23.5 Å². The fourth-order valence-electron chi connectivity index (χ4n) is 2.62. The van der Waals surface area contributed by atoms with Crippen LogP contribution >= 0.6 is 0 Å². The van der Waals surface area contributed by atoms with Gasteiger partial charge in [0.2, 0.25) is 0 Å². The normalized spacial score (nSPS) is 10.8. The minimum absolute atomic E-state index is 0.559. The van der Waals surface area contributed by atoms with Gasteiger partial charge in [0.1, 0.15) is 0 Å². The van der Waals surface area contributed by atoms with Gasteiger partial charge in [0, 0.05) is 25.2 Å². The summed E-state index contributed by atoms with van der Waals surface area (Å²) in [5, 5.41) is 17.8. The zero-order valence-corrected chi connectivity index (χ0v) is 13.0. The Bertz CT molecular complexity index is 1070. The van der Waals surface area contributed by atoms with Crippen LogP contribution in [0.3, 0.4) is 0 Å². The van der Waals surface area contributed by atoms with E-state index < -0.39 is 0 Å². The third-order valence-corrected chi connectivity index (χ3v) is 3.71. The molecule has 7 nitrogen and oxygen atoms in total. The first-order valence-electron chi connectivity index (χ1n) is 7.40. The first-order chi connectivity index (χ1) is 11.7. The van der Waals surface area contributed by atoms with Gasteiger partial charge in [0.15, 0.2) is 11.5 Å². The average molecular weight is 315 g/mol. The van der Waals surface area contributed by atoms with E-state index in [1.54, 1.807) is 33.9 Å². The summed E-state index contributed by atoms with van der Waals surface area (Å²) >= 11 is 0. The molecule has 0 atom stereocenters. The predicted octanol–water partition coefficient (Wildman–Crippen LogP) is 1.99. The van der Waals surface area contributed by atoms with Crippen LogP contribution in [0.25, 0.3) is 16.9 Å². The fourth-order valence-corrected chi connectivity index (χ4v) is 2.62. The summed E-state index contributed by atoms with van der Waals surface area (Å²) in [6.07, 6.45) is 7.67. The Morgan fingerprint density at radius 2 is 2.12 bits per heavy atom. The number of benzene rings is 1. The van der Waals surface area contributed by atoms with E-state index in [9.17, 15) is 0 Å². The molecular formula is C17H13N7. The molecule has 4 aromatic rings. The van der Waals surface area contributed by atoms with Gasteiger partial charge in [0.05, 0.1) is 35.9 Å². The highest BCUT2D eigenvalue weighted by atomic mass is 15.3. The second-order valence-electron chi connectivity index (χ2n) is 5.48. The molecule has 116 valence electrons. The largest absolute Gasteiger partial charge is 0.275 e. The molecule has 0 aliphatic heterocycles. The summed E-state index contributed by atoms with van der Waals surface area (Å²) in [5.74, 6) is 0.684. The number of rotatable bonds is 3. The number of aromatic nitrogens is 6. The van der Waals surface area contributed by atoms with E-state index >= 15 is 0 Å². The second kappa shape index (κ2) is 5.59. The molecule has 1 aromatic carbocycles. The Morgan fingerprint density at radius 1 is 1.21 bits per heavy atom. The lowest BCUT2D eigenvalue weighted by molar-refractivity contribution is 0.768. The highest BCUT2D eigenvalue weighted by Crippen LogP contribution is 2.18. The lowest BCUT2D eigenvalue weighted by atomic mass is 10.1. The van der Waals surface area contributed by atoms with Crippen LogP contribution in [0.2, 0.25) is 0 Å². The summed E-state index contributed by atoms with van der Waals surface area (Å²) in [6.45, 7) is 0. The van der Waals surface area contributed by atoms with Crippen LogP contribution in [-0.2, 0) is 13.5 Å². The van der Waals surface area contributed by atoms with E-state index in [2.05, 4.69) is 26.2 Å². The molecule has 7 heteroatoms. The van der Waals surface area contributed by atoms with E-state index in [0.717, 1.165) is 16.8 Å². The summed E-state index contributed by atoms with van der Waals surface area (Å²) in [7, 11) is 1.87. The first-order valence-corrected chi connectivity index (χ1v) is 7.40.